The molecule has 3 N–H and O–H groups in total. The van der Waals surface area contributed by atoms with Crippen LogP contribution in [-0.2, 0) is 23.1 Å². The van der Waals surface area contributed by atoms with E-state index in [4.69, 9.17) is 28.9 Å². The number of amides is 2. The number of primary amides is 1. The zero-order chi connectivity index (χ0) is 24.2. The van der Waals surface area contributed by atoms with E-state index in [1.807, 2.05) is 0 Å². The van der Waals surface area contributed by atoms with Gasteiger partial charge in [0.1, 0.15) is 0 Å². The number of hydrogen-bond donors (Lipinski definition) is 2. The zero-order valence-electron chi connectivity index (χ0n) is 17.6. The van der Waals surface area contributed by atoms with E-state index in [-0.39, 0.29) is 24.0 Å². The van der Waals surface area contributed by atoms with Crippen LogP contribution in [0, 0.1) is 0 Å². The van der Waals surface area contributed by atoms with Gasteiger partial charge in [0, 0.05) is 17.7 Å². The van der Waals surface area contributed by atoms with E-state index in [0.29, 0.717) is 27.4 Å². The summed E-state index contributed by atoms with van der Waals surface area (Å²) in [4.78, 5) is 23.6. The number of sulfonamides is 1. The highest BCUT2D eigenvalue weighted by atomic mass is 35.5. The first kappa shape index (κ1) is 24.6. The van der Waals surface area contributed by atoms with Crippen molar-refractivity contribution in [2.24, 2.45) is 5.73 Å². The molecular formula is C23H21Cl2N3O4S. The Labute approximate surface area is 202 Å². The maximum atomic E-state index is 12.5. The first-order chi connectivity index (χ1) is 15.6. The van der Waals surface area contributed by atoms with Crippen molar-refractivity contribution in [1.82, 2.24) is 5.32 Å². The normalized spacial score (nSPS) is 11.1. The average molecular weight is 506 g/mol. The number of carbonyl (C=O) groups excluding carboxylic acids is 2. The quantitative estimate of drug-likeness (QED) is 0.482. The van der Waals surface area contributed by atoms with Gasteiger partial charge in [-0.15, -0.1) is 0 Å². The largest absolute Gasteiger partial charge is 0.366 e. The highest BCUT2D eigenvalue weighted by Crippen LogP contribution is 2.29. The molecule has 0 saturated carbocycles. The molecule has 0 aromatic heterocycles. The third kappa shape index (κ3) is 6.25. The fourth-order valence-corrected chi connectivity index (χ4v) is 4.33. The van der Waals surface area contributed by atoms with Gasteiger partial charge in [-0.1, -0.05) is 47.5 Å². The molecule has 0 bridgehead atoms. The molecule has 7 nitrogen and oxygen atoms in total. The van der Waals surface area contributed by atoms with Gasteiger partial charge in [-0.2, -0.15) is 0 Å². The summed E-state index contributed by atoms with van der Waals surface area (Å²) in [5, 5.41) is 3.39. The van der Waals surface area contributed by atoms with E-state index < -0.39 is 15.9 Å². The topological polar surface area (TPSA) is 110 Å². The molecule has 0 unspecified atom stereocenters. The summed E-state index contributed by atoms with van der Waals surface area (Å²) in [6.45, 7) is 0.243. The molecule has 0 heterocycles. The van der Waals surface area contributed by atoms with Crippen LogP contribution in [0.15, 0.2) is 66.7 Å². The standard InChI is InChI=1S/C23H21Cl2N3O4S/c1-33(31,32)28(14-18-3-2-4-20(24)21(18)25)19-11-9-17(10-12-19)23(30)27-13-15-5-7-16(8-6-15)22(26)29/h2-12H,13-14H2,1H3,(H2,26,29)(H,27,30). The summed E-state index contributed by atoms with van der Waals surface area (Å²) in [5.74, 6) is -0.851. The van der Waals surface area contributed by atoms with Crippen molar-refractivity contribution in [3.05, 3.63) is 99.0 Å². The molecule has 0 aliphatic rings. The molecule has 0 spiro atoms. The monoisotopic (exact) mass is 505 g/mol. The predicted octanol–water partition coefficient (Wildman–Crippen LogP) is 3.99. The molecule has 0 aliphatic carbocycles. The van der Waals surface area contributed by atoms with Gasteiger partial charge in [0.05, 0.1) is 28.5 Å². The van der Waals surface area contributed by atoms with Crippen LogP contribution in [0.1, 0.15) is 31.8 Å². The van der Waals surface area contributed by atoms with E-state index in [0.717, 1.165) is 11.8 Å². The lowest BCUT2D eigenvalue weighted by Gasteiger charge is -2.23. The number of carbonyl (C=O) groups is 2. The molecule has 0 atom stereocenters. The molecular weight excluding hydrogens is 485 g/mol. The first-order valence-electron chi connectivity index (χ1n) is 9.74. The minimum Gasteiger partial charge on any atom is -0.366 e. The number of benzene rings is 3. The third-order valence-corrected chi connectivity index (χ3v) is 6.85. The summed E-state index contributed by atoms with van der Waals surface area (Å²) in [5.41, 5.74) is 7.70. The Morgan fingerprint density at radius 3 is 2.12 bits per heavy atom. The van der Waals surface area contributed by atoms with Crippen molar-refractivity contribution in [1.29, 1.82) is 0 Å². The summed E-state index contributed by atoms with van der Waals surface area (Å²) in [6, 6.07) is 17.8. The number of nitrogens with zero attached hydrogens (tertiary/aromatic N) is 1. The third-order valence-electron chi connectivity index (χ3n) is 4.85. The predicted molar refractivity (Wildman–Crippen MR) is 130 cm³/mol. The number of halogens is 2. The number of nitrogens with one attached hydrogen (secondary N) is 1. The van der Waals surface area contributed by atoms with Crippen LogP contribution in [0.25, 0.3) is 0 Å². The average Bonchev–Trinajstić information content (AvgIpc) is 2.78. The molecule has 0 aliphatic heterocycles. The van der Waals surface area contributed by atoms with Gasteiger partial charge >= 0.3 is 0 Å². The molecule has 10 heteroatoms. The van der Waals surface area contributed by atoms with Crippen molar-refractivity contribution in [3.8, 4) is 0 Å². The van der Waals surface area contributed by atoms with Gasteiger partial charge in [0.2, 0.25) is 15.9 Å². The lowest BCUT2D eigenvalue weighted by molar-refractivity contribution is 0.0949. The van der Waals surface area contributed by atoms with E-state index in [2.05, 4.69) is 5.32 Å². The second-order valence-corrected chi connectivity index (χ2v) is 9.97. The molecule has 0 fully saturated rings. The maximum absolute atomic E-state index is 12.5. The molecule has 0 radical (unpaired) electrons. The van der Waals surface area contributed by atoms with Crippen LogP contribution in [0.5, 0.6) is 0 Å². The van der Waals surface area contributed by atoms with Gasteiger partial charge in [0.25, 0.3) is 5.91 Å². The van der Waals surface area contributed by atoms with E-state index in [9.17, 15) is 18.0 Å². The van der Waals surface area contributed by atoms with Crippen LogP contribution in [0.3, 0.4) is 0 Å². The van der Waals surface area contributed by atoms with E-state index in [1.165, 1.54) is 4.31 Å². The lowest BCUT2D eigenvalue weighted by Crippen LogP contribution is -2.29. The molecule has 172 valence electrons. The fourth-order valence-electron chi connectivity index (χ4n) is 3.08. The van der Waals surface area contributed by atoms with Gasteiger partial charge in [-0.25, -0.2) is 8.42 Å². The van der Waals surface area contributed by atoms with Crippen molar-refractivity contribution in [2.45, 2.75) is 13.1 Å². The summed E-state index contributed by atoms with van der Waals surface area (Å²) in [6.07, 6.45) is 1.09. The zero-order valence-corrected chi connectivity index (χ0v) is 19.9. The number of rotatable bonds is 8. The molecule has 2 amide bonds. The summed E-state index contributed by atoms with van der Waals surface area (Å²) >= 11 is 12.3. The van der Waals surface area contributed by atoms with Crippen LogP contribution in [-0.4, -0.2) is 26.5 Å². The van der Waals surface area contributed by atoms with Crippen LogP contribution >= 0.6 is 23.2 Å². The van der Waals surface area contributed by atoms with Gasteiger partial charge in [0.15, 0.2) is 0 Å². The van der Waals surface area contributed by atoms with Gasteiger partial charge < -0.3 is 11.1 Å². The van der Waals surface area contributed by atoms with Crippen molar-refractivity contribution in [3.63, 3.8) is 0 Å². The Morgan fingerprint density at radius 2 is 1.55 bits per heavy atom. The maximum Gasteiger partial charge on any atom is 0.251 e. The second kappa shape index (κ2) is 10.2. The van der Waals surface area contributed by atoms with E-state index >= 15 is 0 Å². The minimum absolute atomic E-state index is 0.00886. The number of nitrogens with two attached hydrogens (primary N) is 1. The van der Waals surface area contributed by atoms with Gasteiger partial charge in [-0.05, 0) is 53.6 Å². The summed E-state index contributed by atoms with van der Waals surface area (Å²) in [7, 11) is -3.64. The highest BCUT2D eigenvalue weighted by Gasteiger charge is 2.20. The Hall–Kier alpha value is -3.07. The van der Waals surface area contributed by atoms with Crippen molar-refractivity contribution < 1.29 is 18.0 Å². The Bertz CT molecular complexity index is 1280. The van der Waals surface area contributed by atoms with Crippen LogP contribution in [0.4, 0.5) is 5.69 Å². The minimum atomic E-state index is -3.64. The first-order valence-corrected chi connectivity index (χ1v) is 12.3. The second-order valence-electron chi connectivity index (χ2n) is 7.27. The Kier molecular flexibility index (Phi) is 7.63. The van der Waals surface area contributed by atoms with Gasteiger partial charge in [-0.3, -0.25) is 13.9 Å². The smallest absolute Gasteiger partial charge is 0.251 e. The van der Waals surface area contributed by atoms with Crippen LogP contribution < -0.4 is 15.4 Å². The highest BCUT2D eigenvalue weighted by molar-refractivity contribution is 7.92. The van der Waals surface area contributed by atoms with E-state index in [1.54, 1.807) is 66.7 Å². The van der Waals surface area contributed by atoms with Crippen LogP contribution in [0.2, 0.25) is 10.0 Å². The molecule has 3 aromatic carbocycles. The molecule has 0 saturated heterocycles. The lowest BCUT2D eigenvalue weighted by atomic mass is 10.1. The SMILES string of the molecule is CS(=O)(=O)N(Cc1cccc(Cl)c1Cl)c1ccc(C(=O)NCc2ccc(C(N)=O)cc2)cc1. The Morgan fingerprint density at radius 1 is 0.939 bits per heavy atom. The fraction of sp³-hybridized carbons (Fsp3) is 0.130. The van der Waals surface area contributed by atoms with Crippen molar-refractivity contribution in [2.75, 3.05) is 10.6 Å². The molecule has 3 aromatic rings. The Balaban J connectivity index is 1.72. The van der Waals surface area contributed by atoms with Crippen molar-refractivity contribution >= 4 is 50.7 Å². The number of anilines is 1. The number of hydrogen-bond acceptors (Lipinski definition) is 4. The molecule has 3 rings (SSSR count). The summed E-state index contributed by atoms with van der Waals surface area (Å²) < 4.78 is 26.0. The molecule has 33 heavy (non-hydrogen) atoms.